The lowest BCUT2D eigenvalue weighted by Gasteiger charge is -2.18. The molecule has 4 nitrogen and oxygen atoms in total. The normalized spacial score (nSPS) is 11.8. The average molecular weight is 315 g/mol. The zero-order valence-electron chi connectivity index (χ0n) is 13.8. The third-order valence-electron chi connectivity index (χ3n) is 3.87. The van der Waals surface area contributed by atoms with E-state index in [-0.39, 0.29) is 5.92 Å². The van der Waals surface area contributed by atoms with E-state index in [2.05, 4.69) is 6.07 Å². The third kappa shape index (κ3) is 4.89. The maximum atomic E-state index is 5.95. The Labute approximate surface area is 138 Å². The number of rotatable bonds is 9. The smallest absolute Gasteiger partial charge is 0.122 e. The van der Waals surface area contributed by atoms with E-state index >= 15 is 0 Å². The van der Waals surface area contributed by atoms with Crippen LogP contribution in [0.3, 0.4) is 0 Å². The highest BCUT2D eigenvalue weighted by molar-refractivity contribution is 5.36. The molecule has 0 aromatic heterocycles. The van der Waals surface area contributed by atoms with Crippen molar-refractivity contribution < 1.29 is 14.2 Å². The highest BCUT2D eigenvalue weighted by Gasteiger charge is 2.14. The SMILES string of the molecule is COc1cccc(OCCCC(CN)c2ccccc2OC)c1. The van der Waals surface area contributed by atoms with Gasteiger partial charge in [0.15, 0.2) is 0 Å². The van der Waals surface area contributed by atoms with E-state index < -0.39 is 0 Å². The van der Waals surface area contributed by atoms with Gasteiger partial charge in [0.1, 0.15) is 17.2 Å². The predicted octanol–water partition coefficient (Wildman–Crippen LogP) is 3.61. The van der Waals surface area contributed by atoms with Gasteiger partial charge < -0.3 is 19.9 Å². The Morgan fingerprint density at radius 3 is 2.48 bits per heavy atom. The summed E-state index contributed by atoms with van der Waals surface area (Å²) in [7, 11) is 3.34. The molecular formula is C19H25NO3. The highest BCUT2D eigenvalue weighted by atomic mass is 16.5. The lowest BCUT2D eigenvalue weighted by atomic mass is 9.93. The maximum absolute atomic E-state index is 5.95. The van der Waals surface area contributed by atoms with Crippen molar-refractivity contribution in [2.75, 3.05) is 27.4 Å². The number of hydrogen-bond acceptors (Lipinski definition) is 4. The molecule has 2 N–H and O–H groups in total. The first-order valence-corrected chi connectivity index (χ1v) is 7.88. The Morgan fingerprint density at radius 2 is 1.74 bits per heavy atom. The molecular weight excluding hydrogens is 290 g/mol. The van der Waals surface area contributed by atoms with E-state index in [0.29, 0.717) is 13.2 Å². The van der Waals surface area contributed by atoms with Crippen LogP contribution in [0.5, 0.6) is 17.2 Å². The van der Waals surface area contributed by atoms with Crippen LogP contribution in [0.25, 0.3) is 0 Å². The molecule has 0 saturated carbocycles. The van der Waals surface area contributed by atoms with Crippen molar-refractivity contribution in [1.29, 1.82) is 0 Å². The van der Waals surface area contributed by atoms with Gasteiger partial charge in [0.05, 0.1) is 20.8 Å². The van der Waals surface area contributed by atoms with Gasteiger partial charge in [-0.25, -0.2) is 0 Å². The Balaban J connectivity index is 1.86. The van der Waals surface area contributed by atoms with E-state index in [1.807, 2.05) is 42.5 Å². The fourth-order valence-corrected chi connectivity index (χ4v) is 2.61. The molecule has 2 aromatic carbocycles. The molecule has 124 valence electrons. The minimum atomic E-state index is 0.278. The quantitative estimate of drug-likeness (QED) is 0.718. The summed E-state index contributed by atoms with van der Waals surface area (Å²) in [6.07, 6.45) is 1.89. The molecule has 0 heterocycles. The van der Waals surface area contributed by atoms with Crippen LogP contribution in [0, 0.1) is 0 Å². The second kappa shape index (κ2) is 9.06. The van der Waals surface area contributed by atoms with E-state index in [1.165, 1.54) is 5.56 Å². The van der Waals surface area contributed by atoms with Gasteiger partial charge in [0.25, 0.3) is 0 Å². The molecule has 1 atom stereocenters. The van der Waals surface area contributed by atoms with Crippen LogP contribution in [0.1, 0.15) is 24.3 Å². The average Bonchev–Trinajstić information content (AvgIpc) is 2.62. The Hall–Kier alpha value is -2.20. The van der Waals surface area contributed by atoms with E-state index in [4.69, 9.17) is 19.9 Å². The van der Waals surface area contributed by atoms with E-state index in [0.717, 1.165) is 30.1 Å². The molecule has 1 unspecified atom stereocenters. The third-order valence-corrected chi connectivity index (χ3v) is 3.87. The minimum absolute atomic E-state index is 0.278. The summed E-state index contributed by atoms with van der Waals surface area (Å²) in [5, 5.41) is 0. The second-order valence-electron chi connectivity index (χ2n) is 5.34. The topological polar surface area (TPSA) is 53.7 Å². The molecule has 0 amide bonds. The first-order chi connectivity index (χ1) is 11.3. The van der Waals surface area contributed by atoms with Crippen LogP contribution in [-0.2, 0) is 0 Å². The molecule has 0 aliphatic rings. The van der Waals surface area contributed by atoms with Crippen molar-refractivity contribution in [2.45, 2.75) is 18.8 Å². The van der Waals surface area contributed by atoms with Crippen molar-refractivity contribution in [3.8, 4) is 17.2 Å². The van der Waals surface area contributed by atoms with Gasteiger partial charge >= 0.3 is 0 Å². The molecule has 0 aliphatic carbocycles. The van der Waals surface area contributed by atoms with Gasteiger partial charge in [-0.2, -0.15) is 0 Å². The standard InChI is InChI=1S/C19H25NO3/c1-21-16-8-5-9-17(13-16)23-12-6-7-15(14-20)18-10-3-4-11-19(18)22-2/h3-5,8-11,13,15H,6-7,12,14,20H2,1-2H3. The van der Waals surface area contributed by atoms with Gasteiger partial charge in [0, 0.05) is 6.07 Å². The number of ether oxygens (including phenoxy) is 3. The van der Waals surface area contributed by atoms with E-state index in [9.17, 15) is 0 Å². The van der Waals surface area contributed by atoms with Gasteiger partial charge in [0.2, 0.25) is 0 Å². The molecule has 0 saturated heterocycles. The number of benzene rings is 2. The molecule has 0 fully saturated rings. The van der Waals surface area contributed by atoms with Crippen LogP contribution < -0.4 is 19.9 Å². The Morgan fingerprint density at radius 1 is 0.957 bits per heavy atom. The van der Waals surface area contributed by atoms with Crippen molar-refractivity contribution in [2.24, 2.45) is 5.73 Å². The molecule has 2 aromatic rings. The van der Waals surface area contributed by atoms with Gasteiger partial charge in [-0.1, -0.05) is 24.3 Å². The predicted molar refractivity (Wildman–Crippen MR) is 92.5 cm³/mol. The van der Waals surface area contributed by atoms with Crippen molar-refractivity contribution >= 4 is 0 Å². The van der Waals surface area contributed by atoms with Crippen LogP contribution in [-0.4, -0.2) is 27.4 Å². The largest absolute Gasteiger partial charge is 0.497 e. The highest BCUT2D eigenvalue weighted by Crippen LogP contribution is 2.29. The maximum Gasteiger partial charge on any atom is 0.122 e. The van der Waals surface area contributed by atoms with Gasteiger partial charge in [-0.05, 0) is 49.1 Å². The molecule has 2 rings (SSSR count). The number of hydrogen-bond donors (Lipinski definition) is 1. The first kappa shape index (κ1) is 17.2. The monoisotopic (exact) mass is 315 g/mol. The van der Waals surface area contributed by atoms with Crippen molar-refractivity contribution in [3.63, 3.8) is 0 Å². The zero-order valence-corrected chi connectivity index (χ0v) is 13.8. The molecule has 0 aliphatic heterocycles. The van der Waals surface area contributed by atoms with Crippen LogP contribution in [0.15, 0.2) is 48.5 Å². The first-order valence-electron chi connectivity index (χ1n) is 7.88. The summed E-state index contributed by atoms with van der Waals surface area (Å²) in [5.41, 5.74) is 7.11. The molecule has 23 heavy (non-hydrogen) atoms. The number of para-hydroxylation sites is 1. The van der Waals surface area contributed by atoms with Crippen LogP contribution >= 0.6 is 0 Å². The Bertz CT molecular complexity index is 601. The summed E-state index contributed by atoms with van der Waals surface area (Å²) in [6.45, 7) is 1.25. The summed E-state index contributed by atoms with van der Waals surface area (Å²) >= 11 is 0. The van der Waals surface area contributed by atoms with Crippen LogP contribution in [0.2, 0.25) is 0 Å². The number of nitrogens with two attached hydrogens (primary N) is 1. The van der Waals surface area contributed by atoms with Gasteiger partial charge in [-0.3, -0.25) is 0 Å². The minimum Gasteiger partial charge on any atom is -0.497 e. The van der Waals surface area contributed by atoms with Crippen molar-refractivity contribution in [1.82, 2.24) is 0 Å². The van der Waals surface area contributed by atoms with Crippen LogP contribution in [0.4, 0.5) is 0 Å². The lowest BCUT2D eigenvalue weighted by molar-refractivity contribution is 0.298. The summed E-state index contributed by atoms with van der Waals surface area (Å²) in [4.78, 5) is 0. The second-order valence-corrected chi connectivity index (χ2v) is 5.34. The van der Waals surface area contributed by atoms with Gasteiger partial charge in [-0.15, -0.1) is 0 Å². The molecule has 0 spiro atoms. The molecule has 4 heteroatoms. The lowest BCUT2D eigenvalue weighted by Crippen LogP contribution is -2.14. The fourth-order valence-electron chi connectivity index (χ4n) is 2.61. The molecule has 0 bridgehead atoms. The zero-order chi connectivity index (χ0) is 16.5. The fraction of sp³-hybridized carbons (Fsp3) is 0.368. The Kier molecular flexibility index (Phi) is 6.76. The summed E-state index contributed by atoms with van der Waals surface area (Å²) in [5.74, 6) is 2.80. The molecule has 0 radical (unpaired) electrons. The van der Waals surface area contributed by atoms with Crippen molar-refractivity contribution in [3.05, 3.63) is 54.1 Å². The number of methoxy groups -OCH3 is 2. The summed E-state index contributed by atoms with van der Waals surface area (Å²) in [6, 6.07) is 15.7. The van der Waals surface area contributed by atoms with E-state index in [1.54, 1.807) is 14.2 Å². The summed E-state index contributed by atoms with van der Waals surface area (Å²) < 4.78 is 16.4.